The Balaban J connectivity index is 0.000000206. The number of ether oxygens (including phenoxy) is 2. The second kappa shape index (κ2) is 9.88. The van der Waals surface area contributed by atoms with E-state index in [9.17, 15) is 0 Å². The summed E-state index contributed by atoms with van der Waals surface area (Å²) in [4.78, 5) is 0. The molecule has 0 aromatic heterocycles. The summed E-state index contributed by atoms with van der Waals surface area (Å²) in [5.41, 5.74) is 0. The summed E-state index contributed by atoms with van der Waals surface area (Å²) < 4.78 is 10.1. The van der Waals surface area contributed by atoms with Gasteiger partial charge in [-0.2, -0.15) is 0 Å². The Labute approximate surface area is 79.1 Å². The summed E-state index contributed by atoms with van der Waals surface area (Å²) in [5, 5.41) is 4.53. The molecule has 0 aliphatic carbocycles. The first kappa shape index (κ1) is 12.8. The molecule has 0 aromatic rings. The van der Waals surface area contributed by atoms with Crippen molar-refractivity contribution in [3.8, 4) is 0 Å². The Hall–Kier alpha value is -0.200. The van der Waals surface area contributed by atoms with Crippen LogP contribution in [0.1, 0.15) is 0 Å². The van der Waals surface area contributed by atoms with Crippen molar-refractivity contribution in [2.45, 2.75) is 0 Å². The zero-order valence-electron chi connectivity index (χ0n) is 8.04. The molecule has 0 spiro atoms. The Morgan fingerprint density at radius 1 is 0.615 bits per heavy atom. The quantitative estimate of drug-likeness (QED) is 0.430. The van der Waals surface area contributed by atoms with Crippen LogP contribution in [0.3, 0.4) is 0 Å². The molecule has 2 heterocycles. The van der Waals surface area contributed by atoms with E-state index in [2.05, 4.69) is 10.6 Å². The lowest BCUT2D eigenvalue weighted by Gasteiger charge is -2.07. The molecule has 0 unspecified atom stereocenters. The average Bonchev–Trinajstić information content (AvgIpc) is 2.24. The average molecular weight is 192 g/mol. The largest absolute Gasteiger partial charge is 2.00 e. The molecule has 80 valence electrons. The molecule has 0 radical (unpaired) electrons. The summed E-state index contributed by atoms with van der Waals surface area (Å²) in [6.07, 6.45) is 0. The van der Waals surface area contributed by atoms with Crippen LogP contribution in [0.4, 0.5) is 0 Å². The second-order valence-electron chi connectivity index (χ2n) is 2.96. The van der Waals surface area contributed by atoms with E-state index in [1.165, 1.54) is 0 Å². The molecule has 4 N–H and O–H groups in total. The highest BCUT2D eigenvalue weighted by Gasteiger charge is 1.97. The minimum absolute atomic E-state index is 0. The SMILES string of the molecule is C1COCC[NH2+]1.C1COCC[NH2+]1.[O-2]. The molecule has 13 heavy (non-hydrogen) atoms. The van der Waals surface area contributed by atoms with E-state index in [-0.39, 0.29) is 5.48 Å². The van der Waals surface area contributed by atoms with Crippen LogP contribution >= 0.6 is 0 Å². The molecule has 2 aliphatic rings. The van der Waals surface area contributed by atoms with E-state index in [4.69, 9.17) is 9.47 Å². The first-order valence-electron chi connectivity index (χ1n) is 4.79. The molecule has 2 aliphatic heterocycles. The number of nitrogens with two attached hydrogens (primary N) is 2. The lowest BCUT2D eigenvalue weighted by molar-refractivity contribution is -0.670. The minimum Gasteiger partial charge on any atom is -2.00 e. The zero-order valence-corrected chi connectivity index (χ0v) is 8.04. The Kier molecular flexibility index (Phi) is 9.73. The minimum atomic E-state index is 0. The summed E-state index contributed by atoms with van der Waals surface area (Å²) in [7, 11) is 0. The number of quaternary nitrogens is 2. The van der Waals surface area contributed by atoms with E-state index in [1.54, 1.807) is 0 Å². The van der Waals surface area contributed by atoms with Gasteiger partial charge in [0.15, 0.2) is 0 Å². The molecule has 2 saturated heterocycles. The number of hydrogen-bond donors (Lipinski definition) is 2. The van der Waals surface area contributed by atoms with Gasteiger partial charge >= 0.3 is 0 Å². The van der Waals surface area contributed by atoms with Gasteiger partial charge in [0.2, 0.25) is 0 Å². The second-order valence-corrected chi connectivity index (χ2v) is 2.96. The third-order valence-corrected chi connectivity index (χ3v) is 1.87. The predicted molar refractivity (Wildman–Crippen MR) is 45.6 cm³/mol. The highest BCUT2D eigenvalue weighted by Crippen LogP contribution is 1.69. The van der Waals surface area contributed by atoms with Crippen LogP contribution in [0.15, 0.2) is 0 Å². The monoisotopic (exact) mass is 192 g/mol. The van der Waals surface area contributed by atoms with E-state index < -0.39 is 0 Å². The van der Waals surface area contributed by atoms with Gasteiger partial charge in [-0.3, -0.25) is 0 Å². The maximum Gasteiger partial charge on any atom is 0.0993 e. The standard InChI is InChI=1S/2C4H9NO.O/c2*1-3-6-4-2-5-1;/h2*5H,1-4H2;/q;;-2/p+2. The van der Waals surface area contributed by atoms with E-state index in [0.717, 1.165) is 52.6 Å². The summed E-state index contributed by atoms with van der Waals surface area (Å²) in [6, 6.07) is 0. The fourth-order valence-electron chi connectivity index (χ4n) is 1.16. The van der Waals surface area contributed by atoms with Gasteiger partial charge in [0.1, 0.15) is 0 Å². The third kappa shape index (κ3) is 8.14. The van der Waals surface area contributed by atoms with E-state index in [1.807, 2.05) is 0 Å². The zero-order chi connectivity index (χ0) is 8.49. The Morgan fingerprint density at radius 3 is 1.00 bits per heavy atom. The first-order chi connectivity index (χ1) is 6.00. The summed E-state index contributed by atoms with van der Waals surface area (Å²) in [6.45, 7) is 8.39. The molecule has 2 fully saturated rings. The highest BCUT2D eigenvalue weighted by molar-refractivity contribution is 4.31. The molecule has 0 saturated carbocycles. The van der Waals surface area contributed by atoms with Gasteiger partial charge in [-0.15, -0.1) is 0 Å². The number of rotatable bonds is 0. The van der Waals surface area contributed by atoms with Gasteiger partial charge < -0.3 is 25.6 Å². The molecular formula is C8H20N2O3. The fraction of sp³-hybridized carbons (Fsp3) is 1.00. The van der Waals surface area contributed by atoms with Gasteiger partial charge in [-0.05, 0) is 0 Å². The van der Waals surface area contributed by atoms with Gasteiger partial charge in [0.25, 0.3) is 0 Å². The molecule has 0 amide bonds. The smallest absolute Gasteiger partial charge is 0.0993 e. The maximum absolute atomic E-state index is 5.04. The predicted octanol–water partition coefficient (Wildman–Crippen LogP) is -2.96. The molecule has 0 atom stereocenters. The normalized spacial score (nSPS) is 22.2. The molecule has 0 aromatic carbocycles. The van der Waals surface area contributed by atoms with Crippen molar-refractivity contribution in [2.24, 2.45) is 0 Å². The summed E-state index contributed by atoms with van der Waals surface area (Å²) >= 11 is 0. The van der Waals surface area contributed by atoms with Crippen molar-refractivity contribution < 1.29 is 25.6 Å². The Bertz CT molecular complexity index is 60.4. The summed E-state index contributed by atoms with van der Waals surface area (Å²) in [5.74, 6) is 0. The van der Waals surface area contributed by atoms with Crippen molar-refractivity contribution in [3.05, 3.63) is 0 Å². The van der Waals surface area contributed by atoms with Gasteiger partial charge in [-0.1, -0.05) is 0 Å². The topological polar surface area (TPSA) is 80.2 Å². The van der Waals surface area contributed by atoms with Crippen molar-refractivity contribution in [1.29, 1.82) is 0 Å². The molecule has 0 bridgehead atoms. The van der Waals surface area contributed by atoms with Gasteiger partial charge in [-0.25, -0.2) is 0 Å². The van der Waals surface area contributed by atoms with Crippen LogP contribution < -0.4 is 10.6 Å². The molecule has 5 heteroatoms. The van der Waals surface area contributed by atoms with Gasteiger partial charge in [0, 0.05) is 0 Å². The number of morpholine rings is 2. The molecule has 5 nitrogen and oxygen atoms in total. The van der Waals surface area contributed by atoms with Crippen LogP contribution in [-0.2, 0) is 14.9 Å². The van der Waals surface area contributed by atoms with E-state index in [0.29, 0.717) is 0 Å². The lowest BCUT2D eigenvalue weighted by atomic mass is 10.5. The molecule has 2 rings (SSSR count). The van der Waals surface area contributed by atoms with Crippen LogP contribution in [0.25, 0.3) is 0 Å². The number of hydrogen-bond acceptors (Lipinski definition) is 2. The lowest BCUT2D eigenvalue weighted by Crippen LogP contribution is -2.87. The van der Waals surface area contributed by atoms with Crippen LogP contribution in [0.2, 0.25) is 0 Å². The van der Waals surface area contributed by atoms with Crippen molar-refractivity contribution in [2.75, 3.05) is 52.6 Å². The molecular weight excluding hydrogens is 172 g/mol. The van der Waals surface area contributed by atoms with Crippen molar-refractivity contribution in [3.63, 3.8) is 0 Å². The third-order valence-electron chi connectivity index (χ3n) is 1.87. The Morgan fingerprint density at radius 2 is 0.923 bits per heavy atom. The maximum atomic E-state index is 5.04. The van der Waals surface area contributed by atoms with Crippen molar-refractivity contribution >= 4 is 0 Å². The van der Waals surface area contributed by atoms with Crippen molar-refractivity contribution in [1.82, 2.24) is 0 Å². The fourth-order valence-corrected chi connectivity index (χ4v) is 1.16. The van der Waals surface area contributed by atoms with Crippen LogP contribution in [0, 0.1) is 0 Å². The van der Waals surface area contributed by atoms with Gasteiger partial charge in [0.05, 0.1) is 52.6 Å². The highest BCUT2D eigenvalue weighted by atomic mass is 16.5. The van der Waals surface area contributed by atoms with E-state index >= 15 is 0 Å². The van der Waals surface area contributed by atoms with Crippen LogP contribution in [-0.4, -0.2) is 52.6 Å². The van der Waals surface area contributed by atoms with Crippen LogP contribution in [0.5, 0.6) is 0 Å². The first-order valence-corrected chi connectivity index (χ1v) is 4.79.